The third-order valence-electron chi connectivity index (χ3n) is 2.89. The summed E-state index contributed by atoms with van der Waals surface area (Å²) in [6.45, 7) is 0. The summed E-state index contributed by atoms with van der Waals surface area (Å²) >= 11 is 0. The number of benzene rings is 1. The van der Waals surface area contributed by atoms with E-state index in [9.17, 15) is 33.2 Å². The van der Waals surface area contributed by atoms with Crippen LogP contribution in [0.3, 0.4) is 0 Å². The first-order chi connectivity index (χ1) is 10.7. The summed E-state index contributed by atoms with van der Waals surface area (Å²) < 4.78 is 37.2. The van der Waals surface area contributed by atoms with Gasteiger partial charge in [0.1, 0.15) is 5.69 Å². The second kappa shape index (κ2) is 5.95. The molecule has 0 bridgehead atoms. The minimum absolute atomic E-state index is 0.0719. The highest BCUT2D eigenvalue weighted by Gasteiger charge is 2.31. The molecule has 0 atom stereocenters. The number of nitro groups is 1. The first-order valence-corrected chi connectivity index (χ1v) is 6.14. The lowest BCUT2D eigenvalue weighted by Crippen LogP contribution is -2.04. The van der Waals surface area contributed by atoms with Crippen LogP contribution in [-0.2, 0) is 6.18 Å². The number of nitrogens with one attached hydrogen (secondary N) is 1. The van der Waals surface area contributed by atoms with Crippen molar-refractivity contribution < 1.29 is 28.0 Å². The largest absolute Gasteiger partial charge is 0.502 e. The molecule has 0 saturated carbocycles. The van der Waals surface area contributed by atoms with E-state index < -0.39 is 34.0 Å². The predicted molar refractivity (Wildman–Crippen MR) is 73.9 cm³/mol. The van der Waals surface area contributed by atoms with Gasteiger partial charge in [0.25, 0.3) is 0 Å². The number of ketones is 1. The van der Waals surface area contributed by atoms with Crippen LogP contribution in [0.4, 0.5) is 18.9 Å². The average Bonchev–Trinajstić information content (AvgIpc) is 2.94. The normalized spacial score (nSPS) is 11.8. The fourth-order valence-corrected chi connectivity index (χ4v) is 1.76. The number of carbonyl (C=O) groups excluding carboxylic acids is 1. The van der Waals surface area contributed by atoms with E-state index >= 15 is 0 Å². The molecule has 0 spiro atoms. The Morgan fingerprint density at radius 3 is 2.57 bits per heavy atom. The predicted octanol–water partition coefficient (Wildman–Crippen LogP) is 3.54. The van der Waals surface area contributed by atoms with Crippen molar-refractivity contribution in [1.82, 2.24) is 4.98 Å². The van der Waals surface area contributed by atoms with Crippen molar-refractivity contribution in [3.05, 3.63) is 63.5 Å². The fraction of sp³-hybridized carbons (Fsp3) is 0.0714. The molecule has 9 heteroatoms. The smallest absolute Gasteiger partial charge is 0.431 e. The number of nitro benzene ring substituents is 1. The fourth-order valence-electron chi connectivity index (χ4n) is 1.76. The lowest BCUT2D eigenvalue weighted by Gasteiger charge is -2.00. The molecule has 1 aromatic carbocycles. The first-order valence-electron chi connectivity index (χ1n) is 6.14. The molecule has 2 N–H and O–H groups in total. The van der Waals surface area contributed by atoms with Gasteiger partial charge in [-0.15, -0.1) is 0 Å². The highest BCUT2D eigenvalue weighted by atomic mass is 19.4. The molecule has 2 aromatic rings. The maximum absolute atomic E-state index is 12.4. The molecule has 0 fully saturated rings. The Labute approximate surface area is 127 Å². The average molecular weight is 326 g/mol. The number of carbonyl (C=O) groups is 1. The Bertz CT molecular complexity index is 794. The molecule has 0 saturated heterocycles. The number of aromatic hydroxyl groups is 1. The summed E-state index contributed by atoms with van der Waals surface area (Å²) in [7, 11) is 0. The molecule has 6 nitrogen and oxygen atoms in total. The van der Waals surface area contributed by atoms with Crippen LogP contribution >= 0.6 is 0 Å². The molecule has 0 aliphatic carbocycles. The number of hydrogen-bond acceptors (Lipinski definition) is 4. The minimum Gasteiger partial charge on any atom is -0.502 e. The van der Waals surface area contributed by atoms with E-state index in [1.54, 1.807) is 0 Å². The molecule has 0 radical (unpaired) electrons. The number of phenolic OH excluding ortho intramolecular Hbond substituents is 1. The van der Waals surface area contributed by atoms with Crippen molar-refractivity contribution in [2.75, 3.05) is 0 Å². The van der Waals surface area contributed by atoms with Gasteiger partial charge in [-0.3, -0.25) is 14.9 Å². The third kappa shape index (κ3) is 3.76. The van der Waals surface area contributed by atoms with Gasteiger partial charge >= 0.3 is 11.9 Å². The van der Waals surface area contributed by atoms with Gasteiger partial charge in [0, 0.05) is 17.8 Å². The summed E-state index contributed by atoms with van der Waals surface area (Å²) in [5, 5.41) is 20.0. The number of allylic oxidation sites excluding steroid dienone is 1. The SMILES string of the molecule is O=C(/C=C/c1c[nH]c(C(F)(F)F)c1)c1ccc(O)c([N+](=O)[O-])c1. The van der Waals surface area contributed by atoms with E-state index in [-0.39, 0.29) is 11.1 Å². The van der Waals surface area contributed by atoms with Gasteiger partial charge in [-0.25, -0.2) is 0 Å². The zero-order chi connectivity index (χ0) is 17.2. The van der Waals surface area contributed by atoms with Crippen LogP contribution in [0.25, 0.3) is 6.08 Å². The highest BCUT2D eigenvalue weighted by Crippen LogP contribution is 2.29. The number of aromatic amines is 1. The maximum Gasteiger partial charge on any atom is 0.431 e. The van der Waals surface area contributed by atoms with Crippen LogP contribution in [0.1, 0.15) is 21.6 Å². The van der Waals surface area contributed by atoms with E-state index in [1.807, 2.05) is 4.98 Å². The number of H-pyrrole nitrogens is 1. The van der Waals surface area contributed by atoms with Crippen molar-refractivity contribution in [3.63, 3.8) is 0 Å². The molecule has 1 aromatic heterocycles. The van der Waals surface area contributed by atoms with Crippen molar-refractivity contribution in [3.8, 4) is 5.75 Å². The van der Waals surface area contributed by atoms with Gasteiger partial charge in [0.15, 0.2) is 11.5 Å². The van der Waals surface area contributed by atoms with Gasteiger partial charge in [-0.2, -0.15) is 13.2 Å². The van der Waals surface area contributed by atoms with Crippen molar-refractivity contribution in [1.29, 1.82) is 0 Å². The van der Waals surface area contributed by atoms with E-state index in [0.717, 1.165) is 36.5 Å². The highest BCUT2D eigenvalue weighted by molar-refractivity contribution is 6.07. The Morgan fingerprint density at radius 2 is 2.00 bits per heavy atom. The number of halogens is 3. The lowest BCUT2D eigenvalue weighted by molar-refractivity contribution is -0.385. The van der Waals surface area contributed by atoms with Crippen LogP contribution in [0, 0.1) is 10.1 Å². The molecule has 2 rings (SSSR count). The second-order valence-electron chi connectivity index (χ2n) is 4.50. The van der Waals surface area contributed by atoms with Gasteiger partial charge < -0.3 is 10.1 Å². The van der Waals surface area contributed by atoms with Gasteiger partial charge in [-0.05, 0) is 35.9 Å². The number of nitrogens with zero attached hydrogens (tertiary/aromatic N) is 1. The molecule has 1 heterocycles. The number of hydrogen-bond donors (Lipinski definition) is 2. The maximum atomic E-state index is 12.4. The van der Waals surface area contributed by atoms with E-state index in [0.29, 0.717) is 0 Å². The van der Waals surface area contributed by atoms with Crippen LogP contribution in [0.2, 0.25) is 0 Å². The molecular formula is C14H9F3N2O4. The lowest BCUT2D eigenvalue weighted by atomic mass is 10.1. The molecule has 120 valence electrons. The van der Waals surface area contributed by atoms with Crippen LogP contribution < -0.4 is 0 Å². The van der Waals surface area contributed by atoms with Gasteiger partial charge in [0.05, 0.1) is 4.92 Å². The molecule has 0 amide bonds. The summed E-state index contributed by atoms with van der Waals surface area (Å²) in [4.78, 5) is 23.7. The van der Waals surface area contributed by atoms with E-state index in [2.05, 4.69) is 0 Å². The summed E-state index contributed by atoms with van der Waals surface area (Å²) in [6.07, 6.45) is -1.31. The third-order valence-corrected chi connectivity index (χ3v) is 2.89. The van der Waals surface area contributed by atoms with Crippen LogP contribution in [-0.4, -0.2) is 20.8 Å². The zero-order valence-corrected chi connectivity index (χ0v) is 11.3. The molecule has 0 aliphatic heterocycles. The number of aromatic nitrogens is 1. The summed E-state index contributed by atoms with van der Waals surface area (Å²) in [6, 6.07) is 3.88. The van der Waals surface area contributed by atoms with Crippen molar-refractivity contribution in [2.45, 2.75) is 6.18 Å². The minimum atomic E-state index is -4.52. The second-order valence-corrected chi connectivity index (χ2v) is 4.50. The monoisotopic (exact) mass is 326 g/mol. The Hall–Kier alpha value is -3.10. The quantitative estimate of drug-likeness (QED) is 0.389. The Balaban J connectivity index is 2.20. The standard InChI is InChI=1S/C14H9F3N2O4/c15-14(16,17)13-5-8(7-18-13)1-3-11(20)9-2-4-12(21)10(6-9)19(22)23/h1-7,18,21H/b3-1+. The van der Waals surface area contributed by atoms with Crippen LogP contribution in [0.15, 0.2) is 36.5 Å². The number of phenols is 1. The van der Waals surface area contributed by atoms with Crippen LogP contribution in [0.5, 0.6) is 5.75 Å². The van der Waals surface area contributed by atoms with Crippen molar-refractivity contribution in [2.24, 2.45) is 0 Å². The molecular weight excluding hydrogens is 317 g/mol. The number of rotatable bonds is 4. The Morgan fingerprint density at radius 1 is 1.30 bits per heavy atom. The van der Waals surface area contributed by atoms with E-state index in [1.165, 1.54) is 6.07 Å². The molecule has 23 heavy (non-hydrogen) atoms. The number of alkyl halides is 3. The molecule has 0 unspecified atom stereocenters. The summed E-state index contributed by atoms with van der Waals surface area (Å²) in [5.74, 6) is -1.24. The molecule has 0 aliphatic rings. The van der Waals surface area contributed by atoms with Gasteiger partial charge in [-0.1, -0.05) is 0 Å². The summed E-state index contributed by atoms with van der Waals surface area (Å²) in [5.41, 5.74) is -1.54. The first kappa shape index (κ1) is 16.3. The van der Waals surface area contributed by atoms with E-state index in [4.69, 9.17) is 0 Å². The Kier molecular flexibility index (Phi) is 4.21. The zero-order valence-electron chi connectivity index (χ0n) is 11.3. The van der Waals surface area contributed by atoms with Gasteiger partial charge in [0.2, 0.25) is 0 Å². The van der Waals surface area contributed by atoms with Crippen molar-refractivity contribution >= 4 is 17.5 Å². The topological polar surface area (TPSA) is 96.2 Å².